The van der Waals surface area contributed by atoms with Crippen molar-refractivity contribution in [1.82, 2.24) is 0 Å². The van der Waals surface area contributed by atoms with Crippen LogP contribution in [0.1, 0.15) is 16.5 Å². The minimum atomic E-state index is -0.601. The quantitative estimate of drug-likeness (QED) is 0.593. The van der Waals surface area contributed by atoms with E-state index in [1.165, 1.54) is 12.1 Å². The maximum atomic E-state index is 13.6. The van der Waals surface area contributed by atoms with Crippen LogP contribution in [0.15, 0.2) is 40.9 Å². The van der Waals surface area contributed by atoms with Gasteiger partial charge in [-0.3, -0.25) is 0 Å². The highest BCUT2D eigenvalue weighted by molar-refractivity contribution is 9.10. The molecule has 0 spiro atoms. The third-order valence-corrected chi connectivity index (χ3v) is 4.06. The lowest BCUT2D eigenvalue weighted by atomic mass is 10.0. The highest BCUT2D eigenvalue weighted by atomic mass is 79.9. The van der Waals surface area contributed by atoms with E-state index in [2.05, 4.69) is 15.9 Å². The first-order valence-electron chi connectivity index (χ1n) is 5.50. The monoisotopic (exact) mass is 364 g/mol. The van der Waals surface area contributed by atoms with Crippen molar-refractivity contribution in [2.24, 2.45) is 0 Å². The van der Waals surface area contributed by atoms with Crippen molar-refractivity contribution in [3.8, 4) is 0 Å². The minimum Gasteiger partial charge on any atom is -0.207 e. The van der Waals surface area contributed by atoms with Gasteiger partial charge in [-0.2, -0.15) is 0 Å². The zero-order valence-corrected chi connectivity index (χ0v) is 12.7. The largest absolute Gasteiger partial charge is 0.207 e. The van der Waals surface area contributed by atoms with Crippen LogP contribution in [0.5, 0.6) is 0 Å². The molecule has 19 heavy (non-hydrogen) atoms. The first-order valence-corrected chi connectivity index (χ1v) is 7.11. The molecule has 0 aliphatic heterocycles. The average Bonchev–Trinajstić information content (AvgIpc) is 2.35. The van der Waals surface area contributed by atoms with Gasteiger partial charge in [-0.05, 0) is 41.8 Å². The van der Waals surface area contributed by atoms with Gasteiger partial charge in [-0.15, -0.1) is 11.6 Å². The molecular formula is C14H9BrCl2F2. The number of alkyl halides is 1. The van der Waals surface area contributed by atoms with Crippen LogP contribution in [-0.4, -0.2) is 0 Å². The predicted molar refractivity (Wildman–Crippen MR) is 77.8 cm³/mol. The van der Waals surface area contributed by atoms with Crippen molar-refractivity contribution in [3.05, 3.63) is 68.7 Å². The molecule has 5 heteroatoms. The average molecular weight is 366 g/mol. The van der Waals surface area contributed by atoms with Gasteiger partial charge in [0.2, 0.25) is 0 Å². The third-order valence-electron chi connectivity index (χ3n) is 2.71. The summed E-state index contributed by atoms with van der Waals surface area (Å²) in [6, 6.07) is 8.72. The molecule has 0 saturated heterocycles. The van der Waals surface area contributed by atoms with Gasteiger partial charge in [0.05, 0.1) is 5.38 Å². The topological polar surface area (TPSA) is 0 Å². The van der Waals surface area contributed by atoms with Crippen LogP contribution in [0.4, 0.5) is 8.78 Å². The molecule has 1 atom stereocenters. The van der Waals surface area contributed by atoms with Gasteiger partial charge in [-0.1, -0.05) is 33.6 Å². The normalized spacial score (nSPS) is 12.5. The molecule has 0 nitrogen and oxygen atoms in total. The summed E-state index contributed by atoms with van der Waals surface area (Å²) >= 11 is 15.6. The molecule has 0 bridgehead atoms. The van der Waals surface area contributed by atoms with Crippen molar-refractivity contribution < 1.29 is 8.78 Å². The molecule has 2 aromatic carbocycles. The Morgan fingerprint density at radius 3 is 2.53 bits per heavy atom. The molecule has 0 N–H and O–H groups in total. The van der Waals surface area contributed by atoms with Crippen molar-refractivity contribution in [1.29, 1.82) is 0 Å². The van der Waals surface area contributed by atoms with Crippen LogP contribution >= 0.6 is 39.1 Å². The summed E-state index contributed by atoms with van der Waals surface area (Å²) in [7, 11) is 0. The van der Waals surface area contributed by atoms with Gasteiger partial charge in [0.25, 0.3) is 0 Å². The molecule has 0 fully saturated rings. The molecule has 100 valence electrons. The Balaban J connectivity index is 2.25. The van der Waals surface area contributed by atoms with E-state index in [1.807, 2.05) is 0 Å². The van der Waals surface area contributed by atoms with Gasteiger partial charge >= 0.3 is 0 Å². The Labute approximate surface area is 128 Å². The third kappa shape index (κ3) is 3.68. The molecule has 0 saturated carbocycles. The first-order chi connectivity index (χ1) is 8.97. The summed E-state index contributed by atoms with van der Waals surface area (Å²) in [5.74, 6) is -1.19. The summed E-state index contributed by atoms with van der Waals surface area (Å²) in [6.45, 7) is 0. The Kier molecular flexibility index (Phi) is 4.82. The molecule has 2 rings (SSSR count). The maximum absolute atomic E-state index is 13.6. The second-order valence-corrected chi connectivity index (χ2v) is 5.89. The van der Waals surface area contributed by atoms with E-state index in [4.69, 9.17) is 23.2 Å². The summed E-state index contributed by atoms with van der Waals surface area (Å²) in [5.41, 5.74) is 1.14. The van der Waals surface area contributed by atoms with Gasteiger partial charge in [0.1, 0.15) is 11.6 Å². The van der Waals surface area contributed by atoms with E-state index in [0.29, 0.717) is 10.6 Å². The van der Waals surface area contributed by atoms with Crippen molar-refractivity contribution in [3.63, 3.8) is 0 Å². The Morgan fingerprint density at radius 1 is 1.11 bits per heavy atom. The molecule has 0 aromatic heterocycles. The summed E-state index contributed by atoms with van der Waals surface area (Å²) in [5, 5.41) is 0.108. The Bertz CT molecular complexity index is 602. The second-order valence-electron chi connectivity index (χ2n) is 4.07. The highest BCUT2D eigenvalue weighted by Gasteiger charge is 2.15. The van der Waals surface area contributed by atoms with Gasteiger partial charge in [-0.25, -0.2) is 8.78 Å². The molecule has 1 unspecified atom stereocenters. The highest BCUT2D eigenvalue weighted by Crippen LogP contribution is 2.33. The van der Waals surface area contributed by atoms with E-state index in [-0.39, 0.29) is 6.42 Å². The van der Waals surface area contributed by atoms with Gasteiger partial charge < -0.3 is 0 Å². The van der Waals surface area contributed by atoms with Crippen LogP contribution in [0.25, 0.3) is 0 Å². The standard InChI is InChI=1S/C14H9BrCl2F2/c15-12-4-2-9(16)6-11(12)13(17)5-8-1-3-10(18)7-14(8)19/h1-4,6-7,13H,5H2. The van der Waals surface area contributed by atoms with E-state index < -0.39 is 17.0 Å². The van der Waals surface area contributed by atoms with Crippen molar-refractivity contribution in [2.75, 3.05) is 0 Å². The fraction of sp³-hybridized carbons (Fsp3) is 0.143. The zero-order valence-electron chi connectivity index (χ0n) is 9.64. The number of hydrogen-bond acceptors (Lipinski definition) is 0. The Hall–Kier alpha value is -0.640. The Morgan fingerprint density at radius 2 is 1.84 bits per heavy atom. The fourth-order valence-electron chi connectivity index (χ4n) is 1.74. The van der Waals surface area contributed by atoms with Gasteiger partial charge in [0.15, 0.2) is 0 Å². The summed E-state index contributed by atoms with van der Waals surface area (Å²) in [6.07, 6.45) is 0.257. The second kappa shape index (κ2) is 6.21. The molecule has 0 amide bonds. The van der Waals surface area contributed by atoms with E-state index >= 15 is 0 Å². The van der Waals surface area contributed by atoms with Gasteiger partial charge in [0, 0.05) is 15.6 Å². The lowest BCUT2D eigenvalue weighted by Gasteiger charge is -2.13. The number of hydrogen-bond donors (Lipinski definition) is 0. The summed E-state index contributed by atoms with van der Waals surface area (Å²) < 4.78 is 27.2. The first kappa shape index (κ1) is 14.8. The van der Waals surface area contributed by atoms with Crippen LogP contribution in [0, 0.1) is 11.6 Å². The number of rotatable bonds is 3. The lowest BCUT2D eigenvalue weighted by Crippen LogP contribution is -2.00. The van der Waals surface area contributed by atoms with E-state index in [1.54, 1.807) is 18.2 Å². The predicted octanol–water partition coefficient (Wildman–Crippen LogP) is 5.90. The molecule has 0 aliphatic carbocycles. The number of halogens is 5. The van der Waals surface area contributed by atoms with E-state index in [0.717, 1.165) is 16.1 Å². The fourth-order valence-corrected chi connectivity index (χ4v) is 2.93. The molecular weight excluding hydrogens is 357 g/mol. The molecule has 2 aromatic rings. The number of benzene rings is 2. The van der Waals surface area contributed by atoms with E-state index in [9.17, 15) is 8.78 Å². The van der Waals surface area contributed by atoms with Crippen molar-refractivity contribution >= 4 is 39.1 Å². The van der Waals surface area contributed by atoms with Crippen LogP contribution in [0.2, 0.25) is 5.02 Å². The molecule has 0 radical (unpaired) electrons. The lowest BCUT2D eigenvalue weighted by molar-refractivity contribution is 0.570. The minimum absolute atomic E-state index is 0.257. The zero-order chi connectivity index (χ0) is 14.0. The molecule has 0 aliphatic rings. The smallest absolute Gasteiger partial charge is 0.129 e. The van der Waals surface area contributed by atoms with Crippen molar-refractivity contribution in [2.45, 2.75) is 11.8 Å². The SMILES string of the molecule is Fc1ccc(CC(Cl)c2cc(Cl)ccc2Br)c(F)c1. The molecule has 0 heterocycles. The maximum Gasteiger partial charge on any atom is 0.129 e. The van der Waals surface area contributed by atoms with Crippen LogP contribution < -0.4 is 0 Å². The summed E-state index contributed by atoms with van der Waals surface area (Å²) in [4.78, 5) is 0. The van der Waals surface area contributed by atoms with Crippen LogP contribution in [-0.2, 0) is 6.42 Å². The van der Waals surface area contributed by atoms with Crippen LogP contribution in [0.3, 0.4) is 0 Å².